The standard InChI is InChI=1S/C32H37NO8Si/c1-19-27(38-20(2)34)28(39-21(3)35)23-14-12-10-11-13-15-26-31(19)32(23,41-31)24-18-22(40-42(8,9)30(4,5)6)16-17-25(24)33(26)29(36)37-7/h10-11,16-19,23,26-28H,1-9H3/b11-10-/t19-,23+,26-,27-,28+,31?,32+/m0/s1. The number of allylic oxidation sites excluding steroid dienone is 2. The molecule has 7 atom stereocenters. The van der Waals surface area contributed by atoms with Crippen LogP contribution >= 0.6 is 0 Å². The molecule has 10 heteroatoms. The van der Waals surface area contributed by atoms with Crippen molar-refractivity contribution in [3.8, 4) is 29.4 Å². The number of hydrogen-bond donors (Lipinski definition) is 0. The van der Waals surface area contributed by atoms with Crippen molar-refractivity contribution in [2.75, 3.05) is 12.0 Å². The zero-order valence-corrected chi connectivity index (χ0v) is 26.5. The van der Waals surface area contributed by atoms with Gasteiger partial charge in [0.1, 0.15) is 29.1 Å². The lowest BCUT2D eigenvalue weighted by molar-refractivity contribution is -0.180. The van der Waals surface area contributed by atoms with Crippen molar-refractivity contribution in [3.05, 3.63) is 35.9 Å². The van der Waals surface area contributed by atoms with Crippen LogP contribution in [0.4, 0.5) is 10.5 Å². The van der Waals surface area contributed by atoms with Gasteiger partial charge < -0.3 is 23.4 Å². The number of ether oxygens (including phenoxy) is 4. The third-order valence-corrected chi connectivity index (χ3v) is 13.6. The minimum Gasteiger partial charge on any atom is -0.543 e. The summed E-state index contributed by atoms with van der Waals surface area (Å²) in [4.78, 5) is 39.8. The van der Waals surface area contributed by atoms with Gasteiger partial charge in [-0.05, 0) is 48.5 Å². The van der Waals surface area contributed by atoms with Crippen molar-refractivity contribution < 1.29 is 37.8 Å². The van der Waals surface area contributed by atoms with Gasteiger partial charge in [0.05, 0.1) is 18.7 Å². The average Bonchev–Trinajstić information content (AvgIpc) is 3.61. The number of esters is 2. The smallest absolute Gasteiger partial charge is 0.415 e. The number of hydrogen-bond acceptors (Lipinski definition) is 8. The minimum atomic E-state index is -2.25. The van der Waals surface area contributed by atoms with Gasteiger partial charge in [-0.25, -0.2) is 4.79 Å². The van der Waals surface area contributed by atoms with E-state index in [-0.39, 0.29) is 5.04 Å². The summed E-state index contributed by atoms with van der Waals surface area (Å²) in [5, 5.41) is -0.0614. The summed E-state index contributed by atoms with van der Waals surface area (Å²) in [5.74, 6) is 10.7. The molecule has 1 saturated carbocycles. The van der Waals surface area contributed by atoms with Gasteiger partial charge in [-0.1, -0.05) is 51.4 Å². The molecule has 2 heterocycles. The van der Waals surface area contributed by atoms with E-state index in [1.54, 1.807) is 12.2 Å². The van der Waals surface area contributed by atoms with E-state index < -0.39 is 67.6 Å². The molecule has 2 fully saturated rings. The molecule has 2 aliphatic heterocycles. The Hall–Kier alpha value is -3.73. The van der Waals surface area contributed by atoms with Crippen LogP contribution in [-0.4, -0.2) is 57.3 Å². The van der Waals surface area contributed by atoms with Gasteiger partial charge in [-0.3, -0.25) is 14.5 Å². The van der Waals surface area contributed by atoms with Crippen molar-refractivity contribution >= 4 is 32.0 Å². The normalized spacial score (nSPS) is 32.7. The molecule has 0 radical (unpaired) electrons. The highest BCUT2D eigenvalue weighted by Gasteiger charge is 2.88. The van der Waals surface area contributed by atoms with Gasteiger partial charge in [-0.15, -0.1) is 0 Å². The van der Waals surface area contributed by atoms with E-state index >= 15 is 0 Å². The Bertz CT molecular complexity index is 1500. The molecule has 5 rings (SSSR count). The monoisotopic (exact) mass is 591 g/mol. The maximum Gasteiger partial charge on any atom is 0.415 e. The van der Waals surface area contributed by atoms with Crippen LogP contribution in [0.15, 0.2) is 30.4 Å². The highest BCUT2D eigenvalue weighted by Crippen LogP contribution is 2.74. The largest absolute Gasteiger partial charge is 0.543 e. The first-order valence-electron chi connectivity index (χ1n) is 14.0. The van der Waals surface area contributed by atoms with Crippen LogP contribution < -0.4 is 9.33 Å². The SMILES string of the molecule is COC(=O)N1c2ccc(O[Si](C)(C)C(C)(C)C)cc2[C@@]23OC24[C@@H]1C#C/C=C\C#C[C@@H]3[C@@H](OC(C)=O)[C@@H](OC(C)=O)[C@@H]4C. The predicted octanol–water partition coefficient (Wildman–Crippen LogP) is 4.70. The van der Waals surface area contributed by atoms with Crippen LogP contribution in [0.5, 0.6) is 5.75 Å². The molecule has 0 spiro atoms. The number of rotatable bonds is 4. The lowest BCUT2D eigenvalue weighted by Gasteiger charge is -2.50. The summed E-state index contributed by atoms with van der Waals surface area (Å²) < 4.78 is 30.6. The molecule has 42 heavy (non-hydrogen) atoms. The van der Waals surface area contributed by atoms with Crippen molar-refractivity contribution in [2.45, 2.75) is 89.1 Å². The molecular formula is C32H37NO8Si. The lowest BCUT2D eigenvalue weighted by Crippen LogP contribution is -2.66. The quantitative estimate of drug-likeness (QED) is 0.163. The zero-order valence-electron chi connectivity index (χ0n) is 25.5. The summed E-state index contributed by atoms with van der Waals surface area (Å²) in [6.45, 7) is 15.3. The molecule has 0 N–H and O–H groups in total. The number of anilines is 1. The molecular weight excluding hydrogens is 554 g/mol. The zero-order chi connectivity index (χ0) is 30.8. The Morgan fingerprint density at radius 3 is 2.21 bits per heavy atom. The van der Waals surface area contributed by atoms with Crippen LogP contribution in [-0.2, 0) is 34.1 Å². The third-order valence-electron chi connectivity index (χ3n) is 9.28. The van der Waals surface area contributed by atoms with Crippen LogP contribution in [0.25, 0.3) is 0 Å². The summed E-state index contributed by atoms with van der Waals surface area (Å²) in [5.41, 5.74) is -1.14. The van der Waals surface area contributed by atoms with Crippen LogP contribution in [0, 0.1) is 35.5 Å². The Morgan fingerprint density at radius 2 is 1.62 bits per heavy atom. The molecule has 1 amide bonds. The van der Waals surface area contributed by atoms with Crippen LogP contribution in [0.2, 0.25) is 18.1 Å². The van der Waals surface area contributed by atoms with Gasteiger partial charge in [-0.2, -0.15) is 0 Å². The first-order valence-corrected chi connectivity index (χ1v) is 17.0. The second kappa shape index (κ2) is 9.93. The lowest BCUT2D eigenvalue weighted by atomic mass is 9.58. The van der Waals surface area contributed by atoms with Gasteiger partial charge in [0.15, 0.2) is 6.10 Å². The Balaban J connectivity index is 1.81. The van der Waals surface area contributed by atoms with E-state index in [2.05, 4.69) is 57.5 Å². The van der Waals surface area contributed by atoms with E-state index in [1.807, 2.05) is 25.1 Å². The first kappa shape index (κ1) is 29.7. The number of nitrogens with zero attached hydrogens (tertiary/aromatic N) is 1. The third kappa shape index (κ3) is 4.23. The van der Waals surface area contributed by atoms with Gasteiger partial charge >= 0.3 is 18.0 Å². The maximum atomic E-state index is 13.5. The molecule has 0 aromatic heterocycles. The second-order valence-corrected chi connectivity index (χ2v) is 17.5. The number of benzene rings is 1. The van der Waals surface area contributed by atoms with Gasteiger partial charge in [0.25, 0.3) is 0 Å². The number of methoxy groups -OCH3 is 1. The molecule has 4 aliphatic rings. The molecule has 1 aromatic carbocycles. The molecule has 222 valence electrons. The van der Waals surface area contributed by atoms with E-state index in [0.717, 1.165) is 0 Å². The van der Waals surface area contributed by atoms with Crippen LogP contribution in [0.3, 0.4) is 0 Å². The summed E-state index contributed by atoms with van der Waals surface area (Å²) in [6.07, 6.45) is 0.716. The Labute approximate surface area is 248 Å². The fourth-order valence-electron chi connectivity index (χ4n) is 6.43. The predicted molar refractivity (Wildman–Crippen MR) is 157 cm³/mol. The number of carbonyl (C=O) groups excluding carboxylic acids is 3. The number of fused-ring (bicyclic) bond motifs is 1. The molecule has 1 aromatic rings. The molecule has 1 unspecified atom stereocenters. The van der Waals surface area contributed by atoms with E-state index in [1.165, 1.54) is 25.9 Å². The van der Waals surface area contributed by atoms with Crippen molar-refractivity contribution in [1.82, 2.24) is 0 Å². The number of carbonyl (C=O) groups is 3. The fourth-order valence-corrected chi connectivity index (χ4v) is 7.45. The minimum absolute atomic E-state index is 0.0614. The number of amides is 1. The second-order valence-electron chi connectivity index (χ2n) is 12.7. The van der Waals surface area contributed by atoms with Crippen molar-refractivity contribution in [3.63, 3.8) is 0 Å². The average molecular weight is 592 g/mol. The van der Waals surface area contributed by atoms with Crippen LogP contribution in [0.1, 0.15) is 47.1 Å². The van der Waals surface area contributed by atoms with Gasteiger partial charge in [0, 0.05) is 25.3 Å². The summed E-state index contributed by atoms with van der Waals surface area (Å²) in [7, 11) is -0.938. The molecule has 9 nitrogen and oxygen atoms in total. The summed E-state index contributed by atoms with van der Waals surface area (Å²) >= 11 is 0. The van der Waals surface area contributed by atoms with Gasteiger partial charge in [0.2, 0.25) is 8.32 Å². The summed E-state index contributed by atoms with van der Waals surface area (Å²) in [6, 6.07) is 4.73. The van der Waals surface area contributed by atoms with Crippen molar-refractivity contribution in [2.24, 2.45) is 11.8 Å². The first-order chi connectivity index (χ1) is 19.6. The number of epoxide rings is 1. The maximum absolute atomic E-state index is 13.5. The Morgan fingerprint density at radius 1 is 1.00 bits per heavy atom. The topological polar surface area (TPSA) is 104 Å². The molecule has 4 bridgehead atoms. The highest BCUT2D eigenvalue weighted by molar-refractivity contribution is 6.74. The van der Waals surface area contributed by atoms with Crippen molar-refractivity contribution in [1.29, 1.82) is 0 Å². The molecule has 2 aliphatic carbocycles. The molecule has 1 saturated heterocycles. The Kier molecular flexibility index (Phi) is 7.03. The van der Waals surface area contributed by atoms with E-state index in [9.17, 15) is 14.4 Å². The fraction of sp³-hybridized carbons (Fsp3) is 0.531. The van der Waals surface area contributed by atoms with E-state index in [0.29, 0.717) is 17.0 Å². The van der Waals surface area contributed by atoms with E-state index in [4.69, 9.17) is 23.4 Å². The highest BCUT2D eigenvalue weighted by atomic mass is 28.4.